The summed E-state index contributed by atoms with van der Waals surface area (Å²) in [5.41, 5.74) is 1.16. The molecule has 0 unspecified atom stereocenters. The fraction of sp³-hybridized carbons (Fsp3) is 0.133. The molecule has 0 aliphatic heterocycles. The maximum Gasteiger partial charge on any atom is 0.127 e. The molecule has 2 aromatic carbocycles. The molecule has 0 bridgehead atoms. The predicted molar refractivity (Wildman–Crippen MR) is 68.6 cm³/mol. The first-order valence-electron chi connectivity index (χ1n) is 5.52. The van der Waals surface area contributed by atoms with Gasteiger partial charge in [-0.2, -0.15) is 0 Å². The van der Waals surface area contributed by atoms with Crippen molar-refractivity contribution in [2.45, 2.75) is 6.42 Å². The monoisotopic (exact) mass is 227 g/mol. The van der Waals surface area contributed by atoms with Gasteiger partial charge in [-0.05, 0) is 55.3 Å². The molecule has 0 saturated heterocycles. The first-order valence-corrected chi connectivity index (χ1v) is 5.52. The van der Waals surface area contributed by atoms with Crippen molar-refractivity contribution >= 4 is 0 Å². The van der Waals surface area contributed by atoms with Crippen LogP contribution in [0.1, 0.15) is 5.56 Å². The van der Waals surface area contributed by atoms with Crippen LogP contribution in [-0.4, -0.2) is 7.11 Å². The molecular formula is C15H15O2. The highest BCUT2D eigenvalue weighted by Crippen LogP contribution is 2.24. The third-order valence-electron chi connectivity index (χ3n) is 2.48. The highest BCUT2D eigenvalue weighted by Gasteiger charge is 1.98. The van der Waals surface area contributed by atoms with Gasteiger partial charge in [0.05, 0.1) is 7.11 Å². The quantitative estimate of drug-likeness (QED) is 0.789. The van der Waals surface area contributed by atoms with Gasteiger partial charge in [-0.15, -0.1) is 0 Å². The normalized spacial score (nSPS) is 10.0. The minimum Gasteiger partial charge on any atom is -0.497 e. The van der Waals surface area contributed by atoms with Gasteiger partial charge in [0.15, 0.2) is 0 Å². The fourth-order valence-corrected chi connectivity index (χ4v) is 1.54. The Labute approximate surface area is 102 Å². The van der Waals surface area contributed by atoms with E-state index in [0.29, 0.717) is 0 Å². The van der Waals surface area contributed by atoms with E-state index >= 15 is 0 Å². The summed E-state index contributed by atoms with van der Waals surface area (Å²) in [6.07, 6.45) is 0.764. The lowest BCUT2D eigenvalue weighted by Crippen LogP contribution is -1.87. The molecule has 0 heterocycles. The van der Waals surface area contributed by atoms with E-state index in [1.54, 1.807) is 7.11 Å². The summed E-state index contributed by atoms with van der Waals surface area (Å²) in [5.74, 6) is 2.45. The number of hydrogen-bond acceptors (Lipinski definition) is 2. The van der Waals surface area contributed by atoms with Crippen LogP contribution in [0.15, 0.2) is 48.5 Å². The smallest absolute Gasteiger partial charge is 0.127 e. The molecule has 0 spiro atoms. The summed E-state index contributed by atoms with van der Waals surface area (Å²) >= 11 is 0. The van der Waals surface area contributed by atoms with Gasteiger partial charge in [-0.25, -0.2) is 0 Å². The Bertz CT molecular complexity index is 475. The fourth-order valence-electron chi connectivity index (χ4n) is 1.54. The molecular weight excluding hydrogens is 212 g/mol. The van der Waals surface area contributed by atoms with E-state index in [9.17, 15) is 0 Å². The Morgan fingerprint density at radius 1 is 0.941 bits per heavy atom. The minimum absolute atomic E-state index is 0.764. The van der Waals surface area contributed by atoms with Crippen LogP contribution in [0.3, 0.4) is 0 Å². The van der Waals surface area contributed by atoms with Gasteiger partial charge in [0.25, 0.3) is 0 Å². The van der Waals surface area contributed by atoms with E-state index < -0.39 is 0 Å². The minimum atomic E-state index is 0.764. The maximum atomic E-state index is 5.74. The molecule has 0 amide bonds. The molecule has 0 aliphatic carbocycles. The van der Waals surface area contributed by atoms with Crippen molar-refractivity contribution in [3.05, 3.63) is 61.0 Å². The summed E-state index contributed by atoms with van der Waals surface area (Å²) in [6.45, 7) is 3.85. The van der Waals surface area contributed by atoms with Gasteiger partial charge in [-0.1, -0.05) is 12.1 Å². The molecule has 2 heteroatoms. The molecule has 0 N–H and O–H groups in total. The molecule has 2 aromatic rings. The van der Waals surface area contributed by atoms with E-state index in [0.717, 1.165) is 29.2 Å². The van der Waals surface area contributed by atoms with E-state index in [-0.39, 0.29) is 0 Å². The average Bonchev–Trinajstić information content (AvgIpc) is 2.40. The Balaban J connectivity index is 2.13. The molecule has 17 heavy (non-hydrogen) atoms. The summed E-state index contributed by atoms with van der Waals surface area (Å²) in [7, 11) is 1.65. The molecule has 2 nitrogen and oxygen atoms in total. The third kappa shape index (κ3) is 3.00. The second kappa shape index (κ2) is 5.39. The highest BCUT2D eigenvalue weighted by molar-refractivity contribution is 5.36. The summed E-state index contributed by atoms with van der Waals surface area (Å²) < 4.78 is 10.8. The molecule has 1 radical (unpaired) electrons. The molecule has 0 saturated carbocycles. The van der Waals surface area contributed by atoms with Crippen molar-refractivity contribution in [1.82, 2.24) is 0 Å². The second-order valence-electron chi connectivity index (χ2n) is 3.67. The lowest BCUT2D eigenvalue weighted by Gasteiger charge is -2.07. The lowest BCUT2D eigenvalue weighted by molar-refractivity contribution is 0.413. The van der Waals surface area contributed by atoms with E-state index in [1.807, 2.05) is 48.5 Å². The standard InChI is InChI=1S/C15H15O2/c1-3-12-5-4-6-15(11-12)17-14-9-7-13(16-2)8-10-14/h4-11H,1,3H2,2H3. The molecule has 0 atom stereocenters. The maximum absolute atomic E-state index is 5.74. The average molecular weight is 227 g/mol. The van der Waals surface area contributed by atoms with E-state index in [4.69, 9.17) is 9.47 Å². The van der Waals surface area contributed by atoms with E-state index in [1.165, 1.54) is 0 Å². The molecule has 0 aliphatic rings. The Morgan fingerprint density at radius 2 is 1.65 bits per heavy atom. The molecule has 2 rings (SSSR count). The van der Waals surface area contributed by atoms with Gasteiger partial charge >= 0.3 is 0 Å². The largest absolute Gasteiger partial charge is 0.497 e. The zero-order chi connectivity index (χ0) is 12.1. The van der Waals surface area contributed by atoms with Gasteiger partial charge in [-0.3, -0.25) is 0 Å². The van der Waals surface area contributed by atoms with Gasteiger partial charge in [0.1, 0.15) is 17.2 Å². The Kier molecular flexibility index (Phi) is 3.66. The van der Waals surface area contributed by atoms with Crippen molar-refractivity contribution < 1.29 is 9.47 Å². The number of hydrogen-bond donors (Lipinski definition) is 0. The van der Waals surface area contributed by atoms with Crippen LogP contribution in [0, 0.1) is 6.92 Å². The molecule has 0 fully saturated rings. The van der Waals surface area contributed by atoms with Crippen LogP contribution in [0.25, 0.3) is 0 Å². The van der Waals surface area contributed by atoms with Crippen LogP contribution in [0.2, 0.25) is 0 Å². The van der Waals surface area contributed by atoms with E-state index in [2.05, 4.69) is 6.92 Å². The van der Waals surface area contributed by atoms with Crippen LogP contribution < -0.4 is 9.47 Å². The van der Waals surface area contributed by atoms with Crippen molar-refractivity contribution in [2.24, 2.45) is 0 Å². The van der Waals surface area contributed by atoms with Crippen molar-refractivity contribution in [3.8, 4) is 17.2 Å². The number of ether oxygens (including phenoxy) is 2. The zero-order valence-electron chi connectivity index (χ0n) is 9.85. The molecule has 0 aromatic heterocycles. The van der Waals surface area contributed by atoms with Crippen LogP contribution >= 0.6 is 0 Å². The van der Waals surface area contributed by atoms with Crippen molar-refractivity contribution in [2.75, 3.05) is 7.11 Å². The SMILES string of the molecule is [CH2]Cc1cccc(Oc2ccc(OC)cc2)c1. The first kappa shape index (κ1) is 11.5. The Hall–Kier alpha value is -1.96. The highest BCUT2D eigenvalue weighted by atomic mass is 16.5. The van der Waals surface area contributed by atoms with Crippen molar-refractivity contribution in [1.29, 1.82) is 0 Å². The third-order valence-corrected chi connectivity index (χ3v) is 2.48. The second-order valence-corrected chi connectivity index (χ2v) is 3.67. The number of methoxy groups -OCH3 is 1. The molecule has 87 valence electrons. The summed E-state index contributed by atoms with van der Waals surface area (Å²) in [5, 5.41) is 0. The number of rotatable bonds is 4. The van der Waals surface area contributed by atoms with Crippen LogP contribution in [0.4, 0.5) is 0 Å². The lowest BCUT2D eigenvalue weighted by atomic mass is 10.2. The van der Waals surface area contributed by atoms with Crippen molar-refractivity contribution in [3.63, 3.8) is 0 Å². The summed E-state index contributed by atoms with van der Waals surface area (Å²) in [6, 6.07) is 15.5. The first-order chi connectivity index (χ1) is 8.31. The van der Waals surface area contributed by atoms with Gasteiger partial charge in [0, 0.05) is 0 Å². The van der Waals surface area contributed by atoms with Gasteiger partial charge in [0.2, 0.25) is 0 Å². The topological polar surface area (TPSA) is 18.5 Å². The number of benzene rings is 2. The van der Waals surface area contributed by atoms with Gasteiger partial charge < -0.3 is 9.47 Å². The van der Waals surface area contributed by atoms with Crippen LogP contribution in [0.5, 0.6) is 17.2 Å². The zero-order valence-corrected chi connectivity index (χ0v) is 9.85. The van der Waals surface area contributed by atoms with Crippen LogP contribution in [-0.2, 0) is 6.42 Å². The Morgan fingerprint density at radius 3 is 2.29 bits per heavy atom. The summed E-state index contributed by atoms with van der Waals surface area (Å²) in [4.78, 5) is 0. The predicted octanol–water partition coefficient (Wildman–Crippen LogP) is 3.86.